The Morgan fingerprint density at radius 3 is 2.25 bits per heavy atom. The summed E-state index contributed by atoms with van der Waals surface area (Å²) >= 11 is 10.1. The van der Waals surface area contributed by atoms with Crippen LogP contribution in [-0.2, 0) is 0 Å². The quantitative estimate of drug-likeness (QED) is 0.676. The number of ether oxygens (including phenoxy) is 1. The SMILES string of the molecule is COc1ccc(NC(=O)c2cc(Br)cc(Br)c2)cc1Br. The first-order chi connectivity index (χ1) is 9.49. The highest BCUT2D eigenvalue weighted by Crippen LogP contribution is 2.28. The molecular formula is C14H10Br3NO2. The highest BCUT2D eigenvalue weighted by atomic mass is 79.9. The molecule has 0 atom stereocenters. The van der Waals surface area contributed by atoms with Crippen LogP contribution in [0, 0.1) is 0 Å². The Hall–Kier alpha value is -0.850. The van der Waals surface area contributed by atoms with Gasteiger partial charge in [0.1, 0.15) is 5.75 Å². The van der Waals surface area contributed by atoms with Crippen LogP contribution in [0.2, 0.25) is 0 Å². The molecule has 0 spiro atoms. The average molecular weight is 464 g/mol. The van der Waals surface area contributed by atoms with Crippen LogP contribution in [0.1, 0.15) is 10.4 Å². The number of nitrogens with one attached hydrogen (secondary N) is 1. The summed E-state index contributed by atoms with van der Waals surface area (Å²) in [5, 5.41) is 2.84. The molecule has 0 aliphatic heterocycles. The van der Waals surface area contributed by atoms with Crippen LogP contribution in [-0.4, -0.2) is 13.0 Å². The number of halogens is 3. The number of hydrogen-bond acceptors (Lipinski definition) is 2. The van der Waals surface area contributed by atoms with Crippen molar-refractivity contribution in [3.05, 3.63) is 55.4 Å². The van der Waals surface area contributed by atoms with Crippen molar-refractivity contribution >= 4 is 59.4 Å². The number of amides is 1. The first-order valence-corrected chi connectivity index (χ1v) is 7.98. The fraction of sp³-hybridized carbons (Fsp3) is 0.0714. The second-order valence-corrected chi connectivity index (χ2v) is 6.65. The molecule has 0 aliphatic rings. The Balaban J connectivity index is 2.21. The van der Waals surface area contributed by atoms with E-state index in [-0.39, 0.29) is 5.91 Å². The van der Waals surface area contributed by atoms with Crippen molar-refractivity contribution in [2.75, 3.05) is 12.4 Å². The fourth-order valence-corrected chi connectivity index (χ4v) is 3.47. The first-order valence-electron chi connectivity index (χ1n) is 5.60. The number of carbonyl (C=O) groups is 1. The van der Waals surface area contributed by atoms with Crippen LogP contribution < -0.4 is 10.1 Å². The summed E-state index contributed by atoms with van der Waals surface area (Å²) in [6.07, 6.45) is 0. The summed E-state index contributed by atoms with van der Waals surface area (Å²) in [6, 6.07) is 10.8. The number of anilines is 1. The van der Waals surface area contributed by atoms with Gasteiger partial charge in [-0.1, -0.05) is 31.9 Å². The van der Waals surface area contributed by atoms with Crippen LogP contribution in [0.5, 0.6) is 5.75 Å². The van der Waals surface area contributed by atoms with Crippen molar-refractivity contribution in [3.63, 3.8) is 0 Å². The smallest absolute Gasteiger partial charge is 0.255 e. The molecule has 2 rings (SSSR count). The van der Waals surface area contributed by atoms with E-state index in [4.69, 9.17) is 4.74 Å². The Morgan fingerprint density at radius 1 is 1.05 bits per heavy atom. The molecule has 2 aromatic carbocycles. The standard InChI is InChI=1S/C14H10Br3NO2/c1-20-13-3-2-11(7-12(13)17)18-14(19)8-4-9(15)6-10(16)5-8/h2-7H,1H3,(H,18,19). The molecule has 0 radical (unpaired) electrons. The molecule has 0 unspecified atom stereocenters. The minimum Gasteiger partial charge on any atom is -0.496 e. The summed E-state index contributed by atoms with van der Waals surface area (Å²) < 4.78 is 7.62. The molecule has 0 fully saturated rings. The molecule has 0 saturated heterocycles. The molecule has 1 N–H and O–H groups in total. The van der Waals surface area contributed by atoms with Gasteiger partial charge >= 0.3 is 0 Å². The van der Waals surface area contributed by atoms with Gasteiger partial charge in [0.2, 0.25) is 0 Å². The Labute approximate surface area is 142 Å². The number of methoxy groups -OCH3 is 1. The maximum Gasteiger partial charge on any atom is 0.255 e. The largest absolute Gasteiger partial charge is 0.496 e. The Kier molecular flexibility index (Phi) is 5.23. The van der Waals surface area contributed by atoms with Gasteiger partial charge in [-0.3, -0.25) is 4.79 Å². The molecule has 6 heteroatoms. The van der Waals surface area contributed by atoms with E-state index in [1.54, 1.807) is 37.4 Å². The number of benzene rings is 2. The lowest BCUT2D eigenvalue weighted by Gasteiger charge is -2.09. The van der Waals surface area contributed by atoms with E-state index < -0.39 is 0 Å². The molecule has 1 amide bonds. The zero-order chi connectivity index (χ0) is 14.7. The van der Waals surface area contributed by atoms with Gasteiger partial charge in [0.25, 0.3) is 5.91 Å². The van der Waals surface area contributed by atoms with Gasteiger partial charge in [0.05, 0.1) is 11.6 Å². The monoisotopic (exact) mass is 461 g/mol. The predicted molar refractivity (Wildman–Crippen MR) is 90.5 cm³/mol. The van der Waals surface area contributed by atoms with Crippen LogP contribution in [0.15, 0.2) is 49.8 Å². The van der Waals surface area contributed by atoms with Crippen molar-refractivity contribution in [1.29, 1.82) is 0 Å². The third kappa shape index (κ3) is 3.84. The first kappa shape index (κ1) is 15.5. The molecule has 0 saturated carbocycles. The fourth-order valence-electron chi connectivity index (χ4n) is 1.63. The number of hydrogen-bond donors (Lipinski definition) is 1. The molecule has 3 nitrogen and oxygen atoms in total. The van der Waals surface area contributed by atoms with Gasteiger partial charge in [-0.25, -0.2) is 0 Å². The van der Waals surface area contributed by atoms with E-state index in [2.05, 4.69) is 53.1 Å². The van der Waals surface area contributed by atoms with Crippen molar-refractivity contribution < 1.29 is 9.53 Å². The van der Waals surface area contributed by atoms with Gasteiger partial charge in [-0.2, -0.15) is 0 Å². The second kappa shape index (κ2) is 6.74. The van der Waals surface area contributed by atoms with Gasteiger partial charge in [0, 0.05) is 20.2 Å². The molecule has 0 aromatic heterocycles. The summed E-state index contributed by atoms with van der Waals surface area (Å²) in [4.78, 5) is 12.2. The van der Waals surface area contributed by atoms with E-state index in [0.29, 0.717) is 17.0 Å². The number of carbonyl (C=O) groups excluding carboxylic acids is 1. The minimum absolute atomic E-state index is 0.177. The summed E-state index contributed by atoms with van der Waals surface area (Å²) in [5.74, 6) is 0.539. The minimum atomic E-state index is -0.177. The van der Waals surface area contributed by atoms with Gasteiger partial charge in [-0.05, 0) is 52.3 Å². The molecule has 20 heavy (non-hydrogen) atoms. The van der Waals surface area contributed by atoms with Crippen LogP contribution >= 0.6 is 47.8 Å². The van der Waals surface area contributed by atoms with E-state index in [1.165, 1.54) is 0 Å². The third-order valence-electron chi connectivity index (χ3n) is 2.53. The maximum absolute atomic E-state index is 12.2. The second-order valence-electron chi connectivity index (χ2n) is 3.96. The van der Waals surface area contributed by atoms with Crippen molar-refractivity contribution in [2.24, 2.45) is 0 Å². The van der Waals surface area contributed by atoms with Crippen molar-refractivity contribution in [3.8, 4) is 5.75 Å². The zero-order valence-electron chi connectivity index (χ0n) is 10.4. The van der Waals surface area contributed by atoms with Gasteiger partial charge < -0.3 is 10.1 Å². The van der Waals surface area contributed by atoms with Gasteiger partial charge in [0.15, 0.2) is 0 Å². The molecule has 2 aromatic rings. The van der Waals surface area contributed by atoms with Crippen molar-refractivity contribution in [2.45, 2.75) is 0 Å². The lowest BCUT2D eigenvalue weighted by Crippen LogP contribution is -2.11. The topological polar surface area (TPSA) is 38.3 Å². The van der Waals surface area contributed by atoms with Crippen LogP contribution in [0.3, 0.4) is 0 Å². The van der Waals surface area contributed by atoms with E-state index in [9.17, 15) is 4.79 Å². The average Bonchev–Trinajstić information content (AvgIpc) is 2.37. The Bertz CT molecular complexity index is 639. The molecule has 104 valence electrons. The van der Waals surface area contributed by atoms with Crippen molar-refractivity contribution in [1.82, 2.24) is 0 Å². The van der Waals surface area contributed by atoms with E-state index >= 15 is 0 Å². The zero-order valence-corrected chi connectivity index (χ0v) is 15.2. The van der Waals surface area contributed by atoms with Gasteiger partial charge in [-0.15, -0.1) is 0 Å². The predicted octanol–water partition coefficient (Wildman–Crippen LogP) is 5.24. The van der Waals surface area contributed by atoms with Crippen LogP contribution in [0.25, 0.3) is 0 Å². The lowest BCUT2D eigenvalue weighted by atomic mass is 10.2. The number of rotatable bonds is 3. The lowest BCUT2D eigenvalue weighted by molar-refractivity contribution is 0.102. The Morgan fingerprint density at radius 2 is 1.70 bits per heavy atom. The highest BCUT2D eigenvalue weighted by molar-refractivity contribution is 9.11. The molecule has 0 aliphatic carbocycles. The van der Waals surface area contributed by atoms with Crippen LogP contribution in [0.4, 0.5) is 5.69 Å². The normalized spacial score (nSPS) is 10.2. The van der Waals surface area contributed by atoms with E-state index in [1.807, 2.05) is 6.07 Å². The summed E-state index contributed by atoms with van der Waals surface area (Å²) in [7, 11) is 1.59. The summed E-state index contributed by atoms with van der Waals surface area (Å²) in [6.45, 7) is 0. The van der Waals surface area contributed by atoms with E-state index in [0.717, 1.165) is 13.4 Å². The maximum atomic E-state index is 12.2. The highest BCUT2D eigenvalue weighted by Gasteiger charge is 2.09. The molecular weight excluding hydrogens is 454 g/mol. The summed E-state index contributed by atoms with van der Waals surface area (Å²) in [5.41, 5.74) is 1.26. The molecule has 0 bridgehead atoms. The molecule has 0 heterocycles. The third-order valence-corrected chi connectivity index (χ3v) is 4.07.